The quantitative estimate of drug-likeness (QED) is 0.470. The number of sulfone groups is 1. The van der Waals surface area contributed by atoms with Gasteiger partial charge in [0.25, 0.3) is 0 Å². The van der Waals surface area contributed by atoms with Crippen molar-refractivity contribution in [2.75, 3.05) is 11.5 Å². The normalized spacial score (nSPS) is 14.4. The molecule has 0 amide bonds. The summed E-state index contributed by atoms with van der Waals surface area (Å²) in [7, 11) is -2.80. The average molecular weight is 208 g/mol. The summed E-state index contributed by atoms with van der Waals surface area (Å²) >= 11 is 0. The molecule has 0 heterocycles. The molecule has 0 aromatic rings. The molecule has 0 aliphatic rings. The Bertz CT molecular complexity index is 210. The lowest BCUT2D eigenvalue weighted by Gasteiger charge is -2.12. The second kappa shape index (κ2) is 6.34. The summed E-state index contributed by atoms with van der Waals surface area (Å²) in [5.74, 6) is 5.78. The van der Waals surface area contributed by atoms with Gasteiger partial charge in [0.15, 0.2) is 0 Å². The molecule has 0 spiro atoms. The van der Waals surface area contributed by atoms with Crippen LogP contribution in [0.15, 0.2) is 0 Å². The van der Waals surface area contributed by atoms with Gasteiger partial charge in [-0.05, 0) is 19.3 Å². The van der Waals surface area contributed by atoms with Gasteiger partial charge in [0.05, 0.1) is 5.75 Å². The Labute approximate surface area is 80.8 Å². The summed E-state index contributed by atoms with van der Waals surface area (Å²) in [6.45, 7) is 3.70. The van der Waals surface area contributed by atoms with E-state index in [-0.39, 0.29) is 17.5 Å². The highest BCUT2D eigenvalue weighted by Gasteiger charge is 2.09. The van der Waals surface area contributed by atoms with Gasteiger partial charge in [-0.2, -0.15) is 0 Å². The fourth-order valence-corrected chi connectivity index (χ4v) is 1.99. The largest absolute Gasteiger partial charge is 0.271 e. The van der Waals surface area contributed by atoms with E-state index in [1.807, 2.05) is 6.92 Å². The molecule has 0 bridgehead atoms. The molecule has 13 heavy (non-hydrogen) atoms. The van der Waals surface area contributed by atoms with Crippen LogP contribution in [-0.2, 0) is 9.84 Å². The van der Waals surface area contributed by atoms with Crippen molar-refractivity contribution in [1.82, 2.24) is 5.43 Å². The molecule has 0 fully saturated rings. The molecule has 1 atom stereocenters. The number of hydrazine groups is 1. The minimum absolute atomic E-state index is 0.236. The maximum atomic E-state index is 11.1. The van der Waals surface area contributed by atoms with Crippen LogP contribution in [0.5, 0.6) is 0 Å². The van der Waals surface area contributed by atoms with E-state index < -0.39 is 9.84 Å². The molecule has 0 rings (SSSR count). The molecule has 4 nitrogen and oxygen atoms in total. The number of rotatable bonds is 7. The first kappa shape index (κ1) is 12.9. The molecular formula is C8H20N2O2S. The number of nitrogens with one attached hydrogen (secondary N) is 1. The molecule has 0 aliphatic heterocycles. The number of hydrogen-bond donors (Lipinski definition) is 2. The van der Waals surface area contributed by atoms with Gasteiger partial charge in [-0.25, -0.2) is 8.42 Å². The van der Waals surface area contributed by atoms with Gasteiger partial charge in [-0.3, -0.25) is 11.3 Å². The number of hydrogen-bond acceptors (Lipinski definition) is 4. The third-order valence-corrected chi connectivity index (χ3v) is 3.97. The summed E-state index contributed by atoms with van der Waals surface area (Å²) in [5.41, 5.74) is 2.66. The van der Waals surface area contributed by atoms with Crippen LogP contribution < -0.4 is 11.3 Å². The lowest BCUT2D eigenvalue weighted by atomic mass is 10.1. The molecule has 0 saturated carbocycles. The van der Waals surface area contributed by atoms with Crippen LogP contribution in [0.25, 0.3) is 0 Å². The molecule has 0 radical (unpaired) electrons. The lowest BCUT2D eigenvalue weighted by Crippen LogP contribution is -2.34. The Balaban J connectivity index is 3.67. The van der Waals surface area contributed by atoms with Crippen molar-refractivity contribution in [3.05, 3.63) is 0 Å². The van der Waals surface area contributed by atoms with Crippen LogP contribution in [0, 0.1) is 0 Å². The summed E-state index contributed by atoms with van der Waals surface area (Å²) in [5, 5.41) is 0. The minimum atomic E-state index is -2.80. The van der Waals surface area contributed by atoms with Crippen LogP contribution >= 0.6 is 0 Å². The van der Waals surface area contributed by atoms with Crippen molar-refractivity contribution in [2.24, 2.45) is 5.84 Å². The Hall–Kier alpha value is -0.130. The van der Waals surface area contributed by atoms with Crippen molar-refractivity contribution in [1.29, 1.82) is 0 Å². The highest BCUT2D eigenvalue weighted by atomic mass is 32.2. The Morgan fingerprint density at radius 1 is 1.38 bits per heavy atom. The van der Waals surface area contributed by atoms with E-state index in [0.717, 1.165) is 12.8 Å². The van der Waals surface area contributed by atoms with E-state index in [0.29, 0.717) is 6.42 Å². The SMILES string of the molecule is CCC(CCCS(=O)(=O)CC)NN. The van der Waals surface area contributed by atoms with Gasteiger partial charge in [0, 0.05) is 11.8 Å². The third-order valence-electron chi connectivity index (χ3n) is 2.18. The van der Waals surface area contributed by atoms with Gasteiger partial charge >= 0.3 is 0 Å². The smallest absolute Gasteiger partial charge is 0.150 e. The maximum absolute atomic E-state index is 11.1. The minimum Gasteiger partial charge on any atom is -0.271 e. The Kier molecular flexibility index (Phi) is 6.28. The predicted octanol–water partition coefficient (Wildman–Crippen LogP) is 0.443. The molecular weight excluding hydrogens is 188 g/mol. The molecule has 0 aromatic heterocycles. The topological polar surface area (TPSA) is 72.2 Å². The number of nitrogens with two attached hydrogens (primary N) is 1. The van der Waals surface area contributed by atoms with E-state index in [4.69, 9.17) is 5.84 Å². The first-order chi connectivity index (χ1) is 6.05. The molecule has 1 unspecified atom stereocenters. The van der Waals surface area contributed by atoms with E-state index in [1.165, 1.54) is 0 Å². The standard InChI is InChI=1S/C8H20N2O2S/c1-3-8(10-9)6-5-7-13(11,12)4-2/h8,10H,3-7,9H2,1-2H3. The predicted molar refractivity (Wildman–Crippen MR) is 55.0 cm³/mol. The first-order valence-corrected chi connectivity index (χ1v) is 6.54. The summed E-state index contributed by atoms with van der Waals surface area (Å²) in [6.07, 6.45) is 2.45. The van der Waals surface area contributed by atoms with Gasteiger partial charge in [0.1, 0.15) is 9.84 Å². The summed E-state index contributed by atoms with van der Waals surface area (Å²) < 4.78 is 22.2. The van der Waals surface area contributed by atoms with Gasteiger partial charge in [-0.1, -0.05) is 13.8 Å². The highest BCUT2D eigenvalue weighted by Crippen LogP contribution is 2.03. The molecule has 5 heteroatoms. The van der Waals surface area contributed by atoms with Crippen molar-refractivity contribution >= 4 is 9.84 Å². The van der Waals surface area contributed by atoms with E-state index >= 15 is 0 Å². The first-order valence-electron chi connectivity index (χ1n) is 4.72. The second-order valence-electron chi connectivity index (χ2n) is 3.15. The monoisotopic (exact) mass is 208 g/mol. The lowest BCUT2D eigenvalue weighted by molar-refractivity contribution is 0.475. The van der Waals surface area contributed by atoms with Crippen LogP contribution in [0.3, 0.4) is 0 Å². The molecule has 0 aliphatic carbocycles. The average Bonchev–Trinajstić information content (AvgIpc) is 2.12. The van der Waals surface area contributed by atoms with Gasteiger partial charge < -0.3 is 0 Å². The third kappa shape index (κ3) is 6.01. The van der Waals surface area contributed by atoms with Crippen LogP contribution in [0.4, 0.5) is 0 Å². The fraction of sp³-hybridized carbons (Fsp3) is 1.00. The van der Waals surface area contributed by atoms with Crippen LogP contribution in [0.1, 0.15) is 33.1 Å². The van der Waals surface area contributed by atoms with Crippen molar-refractivity contribution < 1.29 is 8.42 Å². The summed E-state index contributed by atoms with van der Waals surface area (Å²) in [6, 6.07) is 0.243. The van der Waals surface area contributed by atoms with Crippen molar-refractivity contribution in [3.63, 3.8) is 0 Å². The Morgan fingerprint density at radius 2 is 2.00 bits per heavy atom. The van der Waals surface area contributed by atoms with Gasteiger partial charge in [-0.15, -0.1) is 0 Å². The van der Waals surface area contributed by atoms with Crippen LogP contribution in [0.2, 0.25) is 0 Å². The molecule has 0 saturated heterocycles. The summed E-state index contributed by atoms with van der Waals surface area (Å²) in [4.78, 5) is 0. The van der Waals surface area contributed by atoms with Crippen molar-refractivity contribution in [2.45, 2.75) is 39.2 Å². The molecule has 3 N–H and O–H groups in total. The second-order valence-corrected chi connectivity index (χ2v) is 5.62. The molecule has 0 aromatic carbocycles. The zero-order valence-corrected chi connectivity index (χ0v) is 9.23. The van der Waals surface area contributed by atoms with E-state index in [1.54, 1.807) is 6.92 Å². The van der Waals surface area contributed by atoms with Crippen molar-refractivity contribution in [3.8, 4) is 0 Å². The van der Waals surface area contributed by atoms with E-state index in [2.05, 4.69) is 5.43 Å². The maximum Gasteiger partial charge on any atom is 0.150 e. The fourth-order valence-electron chi connectivity index (χ4n) is 1.10. The zero-order chi connectivity index (χ0) is 10.3. The Morgan fingerprint density at radius 3 is 2.38 bits per heavy atom. The van der Waals surface area contributed by atoms with Crippen LogP contribution in [-0.4, -0.2) is 26.0 Å². The molecule has 80 valence electrons. The van der Waals surface area contributed by atoms with E-state index in [9.17, 15) is 8.42 Å². The zero-order valence-electron chi connectivity index (χ0n) is 8.41. The highest BCUT2D eigenvalue weighted by molar-refractivity contribution is 7.91. The van der Waals surface area contributed by atoms with Gasteiger partial charge in [0.2, 0.25) is 0 Å².